The first-order valence-corrected chi connectivity index (χ1v) is 18.7. The van der Waals surface area contributed by atoms with Crippen LogP contribution in [0.2, 0.25) is 0 Å². The first kappa shape index (κ1) is 33.0. The summed E-state index contributed by atoms with van der Waals surface area (Å²) in [6, 6.07) is 76.3. The molecule has 0 unspecified atom stereocenters. The van der Waals surface area contributed by atoms with Crippen LogP contribution in [0.3, 0.4) is 0 Å². The number of fused-ring (bicyclic) bond motifs is 1. The van der Waals surface area contributed by atoms with Gasteiger partial charge in [-0.05, 0) is 112 Å². The molecule has 0 radical (unpaired) electrons. The van der Waals surface area contributed by atoms with Crippen molar-refractivity contribution in [2.45, 2.75) is 12.8 Å². The summed E-state index contributed by atoms with van der Waals surface area (Å²) in [7, 11) is 0. The number of rotatable bonds is 9. The Morgan fingerprint density at radius 2 is 0.611 bits per heavy atom. The highest BCUT2D eigenvalue weighted by molar-refractivity contribution is 5.90. The third-order valence-electron chi connectivity index (χ3n) is 10.3. The number of hydrogen-bond donors (Lipinski definition) is 0. The van der Waals surface area contributed by atoms with E-state index in [2.05, 4.69) is 228 Å². The molecule has 0 heterocycles. The number of anilines is 5. The fourth-order valence-electron chi connectivity index (χ4n) is 7.60. The predicted octanol–water partition coefficient (Wildman–Crippen LogP) is 14.3. The molecule has 0 spiro atoms. The van der Waals surface area contributed by atoms with E-state index < -0.39 is 0 Å². The van der Waals surface area contributed by atoms with Crippen molar-refractivity contribution in [3.8, 4) is 33.4 Å². The van der Waals surface area contributed by atoms with Crippen LogP contribution in [0.25, 0.3) is 39.1 Å². The molecule has 0 bridgehead atoms. The van der Waals surface area contributed by atoms with E-state index in [-0.39, 0.29) is 0 Å². The van der Waals surface area contributed by atoms with Crippen LogP contribution in [0.5, 0.6) is 0 Å². The molecule has 8 aromatic carbocycles. The number of aryl methyl sites for hydroxylation is 1. The molecule has 9 rings (SSSR count). The van der Waals surface area contributed by atoms with Crippen LogP contribution in [0.15, 0.2) is 218 Å². The summed E-state index contributed by atoms with van der Waals surface area (Å²) >= 11 is 0. The van der Waals surface area contributed by atoms with Gasteiger partial charge in [0, 0.05) is 39.7 Å². The zero-order valence-corrected chi connectivity index (χ0v) is 30.1. The molecule has 1 aliphatic rings. The van der Waals surface area contributed by atoms with Crippen molar-refractivity contribution in [1.29, 1.82) is 0 Å². The third kappa shape index (κ3) is 6.74. The monoisotopic (exact) mass is 692 g/mol. The minimum absolute atomic E-state index is 1.03. The first-order chi connectivity index (χ1) is 26.8. The van der Waals surface area contributed by atoms with Gasteiger partial charge in [-0.25, -0.2) is 0 Å². The van der Waals surface area contributed by atoms with E-state index in [1.54, 1.807) is 0 Å². The van der Waals surface area contributed by atoms with E-state index in [1.807, 2.05) is 0 Å². The van der Waals surface area contributed by atoms with Crippen molar-refractivity contribution in [1.82, 2.24) is 0 Å². The summed E-state index contributed by atoms with van der Waals surface area (Å²) in [6.45, 7) is 0. The van der Waals surface area contributed by atoms with Gasteiger partial charge in [-0.15, -0.1) is 0 Å². The highest BCUT2D eigenvalue weighted by Crippen LogP contribution is 2.40. The molecule has 0 N–H and O–H groups in total. The maximum Gasteiger partial charge on any atom is 0.0497 e. The van der Waals surface area contributed by atoms with E-state index >= 15 is 0 Å². The molecule has 2 nitrogen and oxygen atoms in total. The third-order valence-corrected chi connectivity index (χ3v) is 10.3. The molecule has 54 heavy (non-hydrogen) atoms. The number of hydrogen-bond acceptors (Lipinski definition) is 2. The van der Waals surface area contributed by atoms with Gasteiger partial charge < -0.3 is 9.80 Å². The molecular formula is C52H40N2. The Hall–Kier alpha value is -6.90. The Kier molecular flexibility index (Phi) is 9.15. The minimum Gasteiger partial charge on any atom is -0.311 e. The fraction of sp³-hybridized carbons (Fsp3) is 0.0385. The molecule has 0 atom stereocenters. The molecular weight excluding hydrogens is 653 g/mol. The standard InChI is InChI=1S/C52H40N2/c1-4-13-39(14-5-1)41-23-31-47(32-24-41)53(48-33-25-42(26-34-48)40-15-6-2-7-16-40)49-35-27-43(28-36-49)44-29-37-50(38-30-44)54(46-19-8-3-9-20-46)52-22-12-18-45-17-10-11-21-51(45)52/h1-11,13-17,19-38H,12,18H2. The molecule has 8 aromatic rings. The maximum absolute atomic E-state index is 2.40. The quantitative estimate of drug-likeness (QED) is 0.149. The second-order valence-electron chi connectivity index (χ2n) is 13.7. The second kappa shape index (κ2) is 15.0. The summed E-state index contributed by atoms with van der Waals surface area (Å²) < 4.78 is 0. The van der Waals surface area contributed by atoms with Crippen LogP contribution in [0.1, 0.15) is 17.5 Å². The number of allylic oxidation sites excluding steroid dienone is 1. The van der Waals surface area contributed by atoms with E-state index in [0.29, 0.717) is 0 Å². The summed E-state index contributed by atoms with van der Waals surface area (Å²) in [5, 5.41) is 0. The van der Waals surface area contributed by atoms with E-state index in [0.717, 1.165) is 41.3 Å². The van der Waals surface area contributed by atoms with E-state index in [9.17, 15) is 0 Å². The average Bonchev–Trinajstić information content (AvgIpc) is 3.26. The highest BCUT2D eigenvalue weighted by atomic mass is 15.2. The SMILES string of the molecule is C1=C(N(c2ccccc2)c2ccc(-c3ccc(N(c4ccc(-c5ccccc5)cc4)c4ccc(-c5ccccc5)cc4)cc3)cc2)c2ccccc2CC1. The molecule has 0 saturated carbocycles. The van der Waals surface area contributed by atoms with Gasteiger partial charge in [-0.3, -0.25) is 0 Å². The highest BCUT2D eigenvalue weighted by Gasteiger charge is 2.21. The lowest BCUT2D eigenvalue weighted by Crippen LogP contribution is -2.18. The first-order valence-electron chi connectivity index (χ1n) is 18.7. The number of para-hydroxylation sites is 1. The smallest absolute Gasteiger partial charge is 0.0497 e. The summed E-state index contributed by atoms with van der Waals surface area (Å²) in [5.41, 5.74) is 16.8. The van der Waals surface area contributed by atoms with Crippen molar-refractivity contribution in [2.75, 3.05) is 9.80 Å². The Morgan fingerprint density at radius 1 is 0.278 bits per heavy atom. The van der Waals surface area contributed by atoms with Crippen LogP contribution in [-0.2, 0) is 6.42 Å². The topological polar surface area (TPSA) is 6.48 Å². The van der Waals surface area contributed by atoms with Crippen molar-refractivity contribution in [3.05, 3.63) is 230 Å². The molecule has 0 aliphatic heterocycles. The van der Waals surface area contributed by atoms with Gasteiger partial charge in [0.05, 0.1) is 0 Å². The lowest BCUT2D eigenvalue weighted by molar-refractivity contribution is 0.968. The molecule has 0 saturated heterocycles. The molecule has 1 aliphatic carbocycles. The van der Waals surface area contributed by atoms with Crippen molar-refractivity contribution in [2.24, 2.45) is 0 Å². The van der Waals surface area contributed by atoms with Gasteiger partial charge in [0.2, 0.25) is 0 Å². The zero-order chi connectivity index (χ0) is 36.1. The van der Waals surface area contributed by atoms with Crippen molar-refractivity contribution in [3.63, 3.8) is 0 Å². The Bertz CT molecular complexity index is 2400. The molecule has 258 valence electrons. The normalized spacial score (nSPS) is 12.0. The summed E-state index contributed by atoms with van der Waals surface area (Å²) in [5.74, 6) is 0. The summed E-state index contributed by atoms with van der Waals surface area (Å²) in [6.07, 6.45) is 4.50. The van der Waals surface area contributed by atoms with Crippen LogP contribution < -0.4 is 9.80 Å². The van der Waals surface area contributed by atoms with Gasteiger partial charge in [0.1, 0.15) is 0 Å². The maximum atomic E-state index is 2.40. The van der Waals surface area contributed by atoms with Crippen LogP contribution in [0, 0.1) is 0 Å². The lowest BCUT2D eigenvalue weighted by Gasteiger charge is -2.31. The number of nitrogens with zero attached hydrogens (tertiary/aromatic N) is 2. The number of benzene rings is 8. The Balaban J connectivity index is 1.04. The van der Waals surface area contributed by atoms with Gasteiger partial charge >= 0.3 is 0 Å². The fourth-order valence-corrected chi connectivity index (χ4v) is 7.60. The average molecular weight is 693 g/mol. The van der Waals surface area contributed by atoms with Crippen LogP contribution in [-0.4, -0.2) is 0 Å². The predicted molar refractivity (Wildman–Crippen MR) is 229 cm³/mol. The Labute approximate surface area is 318 Å². The molecule has 0 fully saturated rings. The molecule has 0 aromatic heterocycles. The van der Waals surface area contributed by atoms with Crippen LogP contribution in [0.4, 0.5) is 28.4 Å². The molecule has 2 heteroatoms. The van der Waals surface area contributed by atoms with Crippen molar-refractivity contribution < 1.29 is 0 Å². The minimum atomic E-state index is 1.03. The summed E-state index contributed by atoms with van der Waals surface area (Å²) in [4.78, 5) is 4.73. The largest absolute Gasteiger partial charge is 0.311 e. The van der Waals surface area contributed by atoms with Gasteiger partial charge in [0.25, 0.3) is 0 Å². The van der Waals surface area contributed by atoms with Gasteiger partial charge in [0.15, 0.2) is 0 Å². The zero-order valence-electron chi connectivity index (χ0n) is 30.1. The van der Waals surface area contributed by atoms with E-state index in [1.165, 1.54) is 50.2 Å². The molecule has 0 amide bonds. The van der Waals surface area contributed by atoms with E-state index in [4.69, 9.17) is 0 Å². The second-order valence-corrected chi connectivity index (χ2v) is 13.7. The van der Waals surface area contributed by atoms with Crippen molar-refractivity contribution >= 4 is 34.1 Å². The lowest BCUT2D eigenvalue weighted by atomic mass is 9.93. The van der Waals surface area contributed by atoms with Gasteiger partial charge in [-0.2, -0.15) is 0 Å². The van der Waals surface area contributed by atoms with Crippen LogP contribution >= 0.6 is 0 Å². The van der Waals surface area contributed by atoms with Gasteiger partial charge in [-0.1, -0.05) is 158 Å². The Morgan fingerprint density at radius 3 is 1.06 bits per heavy atom.